The second-order valence-electron chi connectivity index (χ2n) is 5.69. The van der Waals surface area contributed by atoms with Gasteiger partial charge in [-0.3, -0.25) is 9.10 Å². The minimum atomic E-state index is -3.39. The van der Waals surface area contributed by atoms with E-state index in [1.807, 2.05) is 55.5 Å². The highest BCUT2D eigenvalue weighted by Gasteiger charge is 2.17. The molecule has 0 aliphatic rings. The minimum Gasteiger partial charge on any atom is -0.326 e. The maximum absolute atomic E-state index is 12.0. The first-order valence-corrected chi connectivity index (χ1v) is 9.60. The summed E-state index contributed by atoms with van der Waals surface area (Å²) in [6, 6.07) is 16.5. The maximum Gasteiger partial charge on any atom is 0.232 e. The van der Waals surface area contributed by atoms with Gasteiger partial charge < -0.3 is 5.32 Å². The van der Waals surface area contributed by atoms with Crippen LogP contribution in [0.25, 0.3) is 0 Å². The third-order valence-electron chi connectivity index (χ3n) is 3.51. The van der Waals surface area contributed by atoms with Crippen molar-refractivity contribution < 1.29 is 13.2 Å². The van der Waals surface area contributed by atoms with Gasteiger partial charge in [0.2, 0.25) is 15.9 Å². The molecule has 0 unspecified atom stereocenters. The largest absolute Gasteiger partial charge is 0.326 e. The number of aryl methyl sites for hydroxylation is 1. The van der Waals surface area contributed by atoms with E-state index in [9.17, 15) is 13.2 Å². The molecule has 0 aliphatic carbocycles. The number of benzene rings is 2. The summed E-state index contributed by atoms with van der Waals surface area (Å²) in [5.74, 6) is -0.126. The summed E-state index contributed by atoms with van der Waals surface area (Å²) >= 11 is 0. The van der Waals surface area contributed by atoms with E-state index in [4.69, 9.17) is 0 Å². The zero-order valence-electron chi connectivity index (χ0n) is 13.9. The molecule has 0 atom stereocenters. The number of hydrogen-bond donors (Lipinski definition) is 1. The van der Waals surface area contributed by atoms with Gasteiger partial charge >= 0.3 is 0 Å². The number of rotatable bonds is 7. The van der Waals surface area contributed by atoms with Crippen LogP contribution in [0.3, 0.4) is 0 Å². The van der Waals surface area contributed by atoms with E-state index in [1.54, 1.807) is 6.07 Å². The molecule has 0 spiro atoms. The molecule has 0 saturated carbocycles. The topological polar surface area (TPSA) is 66.5 Å². The van der Waals surface area contributed by atoms with Crippen LogP contribution in [0.2, 0.25) is 0 Å². The summed E-state index contributed by atoms with van der Waals surface area (Å²) in [5.41, 5.74) is 2.35. The number of carbonyl (C=O) groups excluding carboxylic acids is 1. The number of nitrogens with one attached hydrogen (secondary N) is 1. The number of sulfonamides is 1. The highest BCUT2D eigenvalue weighted by atomic mass is 32.2. The molecule has 2 rings (SSSR count). The van der Waals surface area contributed by atoms with Gasteiger partial charge in [-0.2, -0.15) is 0 Å². The summed E-state index contributed by atoms with van der Waals surface area (Å²) in [6.07, 6.45) is 1.88. The van der Waals surface area contributed by atoms with Gasteiger partial charge in [-0.1, -0.05) is 30.3 Å². The van der Waals surface area contributed by atoms with Crippen LogP contribution in [0, 0.1) is 6.92 Å². The molecule has 0 fully saturated rings. The molecule has 0 heterocycles. The first-order chi connectivity index (χ1) is 11.4. The first-order valence-electron chi connectivity index (χ1n) is 7.75. The van der Waals surface area contributed by atoms with E-state index in [2.05, 4.69) is 5.32 Å². The molecule has 1 N–H and O–H groups in total. The molecule has 2 aromatic carbocycles. The zero-order chi connectivity index (χ0) is 17.6. The molecule has 5 nitrogen and oxygen atoms in total. The van der Waals surface area contributed by atoms with Crippen molar-refractivity contribution in [1.82, 2.24) is 0 Å². The van der Waals surface area contributed by atoms with E-state index < -0.39 is 10.0 Å². The monoisotopic (exact) mass is 346 g/mol. The molecule has 6 heteroatoms. The Labute approximate surface area is 143 Å². The smallest absolute Gasteiger partial charge is 0.232 e. The zero-order valence-corrected chi connectivity index (χ0v) is 14.7. The molecular formula is C18H22N2O3S. The van der Waals surface area contributed by atoms with Gasteiger partial charge in [0.25, 0.3) is 0 Å². The fourth-order valence-corrected chi connectivity index (χ4v) is 3.35. The van der Waals surface area contributed by atoms with Gasteiger partial charge in [-0.25, -0.2) is 8.42 Å². The molecule has 128 valence electrons. The fourth-order valence-electron chi connectivity index (χ4n) is 2.40. The van der Waals surface area contributed by atoms with E-state index in [1.165, 1.54) is 10.6 Å². The van der Waals surface area contributed by atoms with Gasteiger partial charge in [0, 0.05) is 18.7 Å². The highest BCUT2D eigenvalue weighted by molar-refractivity contribution is 7.92. The molecule has 0 saturated heterocycles. The van der Waals surface area contributed by atoms with Crippen molar-refractivity contribution >= 4 is 27.3 Å². The highest BCUT2D eigenvalue weighted by Crippen LogP contribution is 2.19. The summed E-state index contributed by atoms with van der Waals surface area (Å²) in [4.78, 5) is 12.0. The van der Waals surface area contributed by atoms with Gasteiger partial charge in [-0.05, 0) is 43.2 Å². The quantitative estimate of drug-likeness (QED) is 0.837. The standard InChI is InChI=1S/C18H22N2O3S/c1-15-8-6-11-17(14-15)20(24(2,22)23)13-7-12-18(21)19-16-9-4-3-5-10-16/h3-6,8-11,14H,7,12-13H2,1-2H3,(H,19,21). The van der Waals surface area contributed by atoms with Crippen molar-refractivity contribution in [3.8, 4) is 0 Å². The average Bonchev–Trinajstić information content (AvgIpc) is 2.51. The lowest BCUT2D eigenvalue weighted by Gasteiger charge is -2.22. The molecule has 0 bridgehead atoms. The second kappa shape index (κ2) is 7.97. The Morgan fingerprint density at radius 1 is 1.08 bits per heavy atom. The second-order valence-corrected chi connectivity index (χ2v) is 7.60. The lowest BCUT2D eigenvalue weighted by Crippen LogP contribution is -2.31. The van der Waals surface area contributed by atoms with Crippen molar-refractivity contribution in [1.29, 1.82) is 0 Å². The summed E-state index contributed by atoms with van der Waals surface area (Å²) in [6.45, 7) is 2.18. The number of nitrogens with zero attached hydrogens (tertiary/aromatic N) is 1. The van der Waals surface area contributed by atoms with Crippen molar-refractivity contribution in [2.75, 3.05) is 22.4 Å². The Kier molecular flexibility index (Phi) is 5.98. The molecule has 0 radical (unpaired) electrons. The van der Waals surface area contributed by atoms with Gasteiger partial charge in [0.15, 0.2) is 0 Å². The minimum absolute atomic E-state index is 0.126. The van der Waals surface area contributed by atoms with Crippen LogP contribution < -0.4 is 9.62 Å². The Morgan fingerprint density at radius 2 is 1.79 bits per heavy atom. The third-order valence-corrected chi connectivity index (χ3v) is 4.71. The first kappa shape index (κ1) is 18.0. The number of anilines is 2. The number of hydrogen-bond acceptors (Lipinski definition) is 3. The summed E-state index contributed by atoms with van der Waals surface area (Å²) in [5, 5.41) is 2.80. The number of para-hydroxylation sites is 1. The Hall–Kier alpha value is -2.34. The SMILES string of the molecule is Cc1cccc(N(CCCC(=O)Nc2ccccc2)S(C)(=O)=O)c1. The van der Waals surface area contributed by atoms with Crippen LogP contribution in [0.4, 0.5) is 11.4 Å². The van der Waals surface area contributed by atoms with Gasteiger partial charge in [-0.15, -0.1) is 0 Å². The summed E-state index contributed by atoms with van der Waals surface area (Å²) in [7, 11) is -3.39. The average molecular weight is 346 g/mol. The Morgan fingerprint density at radius 3 is 2.42 bits per heavy atom. The van der Waals surface area contributed by atoms with E-state index >= 15 is 0 Å². The van der Waals surface area contributed by atoms with Crippen molar-refractivity contribution in [3.05, 3.63) is 60.2 Å². The van der Waals surface area contributed by atoms with Crippen LogP contribution in [-0.2, 0) is 14.8 Å². The predicted molar refractivity (Wildman–Crippen MR) is 97.7 cm³/mol. The Balaban J connectivity index is 1.95. The lowest BCUT2D eigenvalue weighted by molar-refractivity contribution is -0.116. The number of amides is 1. The lowest BCUT2D eigenvalue weighted by atomic mass is 10.2. The van der Waals surface area contributed by atoms with Crippen molar-refractivity contribution in [2.45, 2.75) is 19.8 Å². The van der Waals surface area contributed by atoms with Crippen LogP contribution in [-0.4, -0.2) is 27.1 Å². The molecule has 24 heavy (non-hydrogen) atoms. The van der Waals surface area contributed by atoms with Crippen molar-refractivity contribution in [2.24, 2.45) is 0 Å². The van der Waals surface area contributed by atoms with Gasteiger partial charge in [0.05, 0.1) is 11.9 Å². The van der Waals surface area contributed by atoms with Gasteiger partial charge in [0.1, 0.15) is 0 Å². The van der Waals surface area contributed by atoms with Crippen LogP contribution in [0.5, 0.6) is 0 Å². The maximum atomic E-state index is 12.0. The fraction of sp³-hybridized carbons (Fsp3) is 0.278. The van der Waals surface area contributed by atoms with E-state index in [0.717, 1.165) is 11.3 Å². The Bertz CT molecular complexity index is 789. The molecule has 2 aromatic rings. The van der Waals surface area contributed by atoms with Crippen LogP contribution >= 0.6 is 0 Å². The normalized spacial score (nSPS) is 11.1. The molecule has 1 amide bonds. The number of carbonyl (C=O) groups is 1. The summed E-state index contributed by atoms with van der Waals surface area (Å²) < 4.78 is 25.4. The van der Waals surface area contributed by atoms with Crippen LogP contribution in [0.1, 0.15) is 18.4 Å². The molecule has 0 aromatic heterocycles. The van der Waals surface area contributed by atoms with E-state index in [-0.39, 0.29) is 18.9 Å². The van der Waals surface area contributed by atoms with E-state index in [0.29, 0.717) is 12.1 Å². The third kappa shape index (κ3) is 5.38. The molecule has 0 aliphatic heterocycles. The predicted octanol–water partition coefficient (Wildman–Crippen LogP) is 3.18. The molecular weight excluding hydrogens is 324 g/mol. The van der Waals surface area contributed by atoms with Crippen molar-refractivity contribution in [3.63, 3.8) is 0 Å². The van der Waals surface area contributed by atoms with Crippen LogP contribution in [0.15, 0.2) is 54.6 Å².